The van der Waals surface area contributed by atoms with E-state index in [9.17, 15) is 9.59 Å². The third-order valence-corrected chi connectivity index (χ3v) is 4.60. The van der Waals surface area contributed by atoms with Crippen LogP contribution in [0.15, 0.2) is 42.7 Å². The summed E-state index contributed by atoms with van der Waals surface area (Å²) in [5.74, 6) is 0.574. The van der Waals surface area contributed by atoms with E-state index < -0.39 is 11.9 Å². The maximum atomic E-state index is 12.5. The highest BCUT2D eigenvalue weighted by Gasteiger charge is 2.19. The van der Waals surface area contributed by atoms with Crippen molar-refractivity contribution in [3.63, 3.8) is 0 Å². The number of H-pyrrole nitrogens is 1. The first-order valence-electron chi connectivity index (χ1n) is 8.08. The first kappa shape index (κ1) is 17.9. The molecule has 0 bridgehead atoms. The van der Waals surface area contributed by atoms with Gasteiger partial charge in [-0.2, -0.15) is 11.8 Å². The number of primary amides is 1. The Morgan fingerprint density at radius 2 is 2.04 bits per heavy atom. The summed E-state index contributed by atoms with van der Waals surface area (Å²) in [7, 11) is 0. The van der Waals surface area contributed by atoms with Gasteiger partial charge in [-0.15, -0.1) is 0 Å². The van der Waals surface area contributed by atoms with Crippen molar-refractivity contribution >= 4 is 34.6 Å². The second-order valence-corrected chi connectivity index (χ2v) is 6.75. The summed E-state index contributed by atoms with van der Waals surface area (Å²) in [4.78, 5) is 35.7. The highest BCUT2D eigenvalue weighted by atomic mass is 32.2. The number of aromatic amines is 1. The van der Waals surface area contributed by atoms with Crippen molar-refractivity contribution in [3.8, 4) is 11.4 Å². The second-order valence-electron chi connectivity index (χ2n) is 5.76. The van der Waals surface area contributed by atoms with Crippen LogP contribution < -0.4 is 11.1 Å². The fourth-order valence-electron chi connectivity index (χ4n) is 2.56. The Balaban J connectivity index is 1.82. The molecule has 0 aliphatic rings. The molecule has 1 unspecified atom stereocenters. The lowest BCUT2D eigenvalue weighted by atomic mass is 10.1. The van der Waals surface area contributed by atoms with E-state index in [4.69, 9.17) is 5.73 Å². The van der Waals surface area contributed by atoms with E-state index in [2.05, 4.69) is 20.3 Å². The maximum absolute atomic E-state index is 12.5. The standard InChI is InChI=1S/C18H19N5O2S/c1-26-9-6-14(16(19)24)23-18(25)12-2-3-13-15(10-12)22-17(21-13)11-4-7-20-8-5-11/h2-5,7-8,10,14H,6,9H2,1H3,(H2,19,24)(H,21,22)(H,23,25). The van der Waals surface area contributed by atoms with Crippen molar-refractivity contribution in [2.75, 3.05) is 12.0 Å². The molecule has 0 saturated heterocycles. The fourth-order valence-corrected chi connectivity index (χ4v) is 3.03. The predicted molar refractivity (Wildman–Crippen MR) is 103 cm³/mol. The van der Waals surface area contributed by atoms with Gasteiger partial charge in [0.25, 0.3) is 5.91 Å². The lowest BCUT2D eigenvalue weighted by Crippen LogP contribution is -2.44. The number of hydrogen-bond donors (Lipinski definition) is 3. The summed E-state index contributed by atoms with van der Waals surface area (Å²) in [5.41, 5.74) is 8.22. The van der Waals surface area contributed by atoms with Crippen LogP contribution in [-0.2, 0) is 4.79 Å². The van der Waals surface area contributed by atoms with Crippen LogP contribution >= 0.6 is 11.8 Å². The average Bonchev–Trinajstić information content (AvgIpc) is 3.08. The number of thioether (sulfide) groups is 1. The Labute approximate surface area is 154 Å². The van der Waals surface area contributed by atoms with Gasteiger partial charge in [-0.25, -0.2) is 4.98 Å². The number of nitrogens with zero attached hydrogens (tertiary/aromatic N) is 2. The molecule has 7 nitrogen and oxygen atoms in total. The predicted octanol–water partition coefficient (Wildman–Crippen LogP) is 1.96. The number of hydrogen-bond acceptors (Lipinski definition) is 5. The minimum atomic E-state index is -0.681. The van der Waals surface area contributed by atoms with Gasteiger partial charge in [-0.1, -0.05) is 0 Å². The number of pyridine rings is 1. The smallest absolute Gasteiger partial charge is 0.252 e. The molecular weight excluding hydrogens is 350 g/mol. The summed E-state index contributed by atoms with van der Waals surface area (Å²) >= 11 is 1.60. The van der Waals surface area contributed by atoms with Gasteiger partial charge < -0.3 is 16.0 Å². The molecule has 3 rings (SSSR count). The third kappa shape index (κ3) is 4.02. The molecular formula is C18H19N5O2S. The lowest BCUT2D eigenvalue weighted by Gasteiger charge is -2.14. The van der Waals surface area contributed by atoms with Crippen LogP contribution in [0.5, 0.6) is 0 Å². The zero-order valence-corrected chi connectivity index (χ0v) is 15.0. The first-order chi connectivity index (χ1) is 12.6. The molecule has 8 heteroatoms. The van der Waals surface area contributed by atoms with Crippen LogP contribution in [0.1, 0.15) is 16.8 Å². The van der Waals surface area contributed by atoms with E-state index in [0.29, 0.717) is 17.8 Å². The first-order valence-corrected chi connectivity index (χ1v) is 9.47. The molecule has 2 amide bonds. The van der Waals surface area contributed by atoms with Gasteiger partial charge in [0.05, 0.1) is 11.0 Å². The molecule has 0 aliphatic heterocycles. The van der Waals surface area contributed by atoms with Crippen molar-refractivity contribution < 1.29 is 9.59 Å². The van der Waals surface area contributed by atoms with Gasteiger partial charge in [0.2, 0.25) is 5.91 Å². The van der Waals surface area contributed by atoms with Crippen LogP contribution in [0.3, 0.4) is 0 Å². The number of nitrogens with one attached hydrogen (secondary N) is 2. The molecule has 3 aromatic rings. The van der Waals surface area contributed by atoms with Crippen LogP contribution in [0, 0.1) is 0 Å². The normalized spacial score (nSPS) is 12.0. The van der Waals surface area contributed by atoms with E-state index in [-0.39, 0.29) is 5.91 Å². The van der Waals surface area contributed by atoms with Gasteiger partial charge in [0.1, 0.15) is 11.9 Å². The summed E-state index contributed by atoms with van der Waals surface area (Å²) in [5, 5.41) is 2.70. The molecule has 134 valence electrons. The van der Waals surface area contributed by atoms with Crippen molar-refractivity contribution in [1.29, 1.82) is 0 Å². The topological polar surface area (TPSA) is 114 Å². The molecule has 4 N–H and O–H groups in total. The Hall–Kier alpha value is -2.87. The molecule has 2 aromatic heterocycles. The van der Waals surface area contributed by atoms with Crippen molar-refractivity contribution in [1.82, 2.24) is 20.3 Å². The molecule has 0 spiro atoms. The molecule has 2 heterocycles. The van der Waals surface area contributed by atoms with Crippen molar-refractivity contribution in [3.05, 3.63) is 48.3 Å². The van der Waals surface area contributed by atoms with E-state index in [1.54, 1.807) is 42.4 Å². The zero-order chi connectivity index (χ0) is 18.5. The van der Waals surface area contributed by atoms with E-state index in [0.717, 1.165) is 22.3 Å². The fraction of sp³-hybridized carbons (Fsp3) is 0.222. The third-order valence-electron chi connectivity index (χ3n) is 3.96. The van der Waals surface area contributed by atoms with Crippen molar-refractivity contribution in [2.45, 2.75) is 12.5 Å². The molecule has 0 fully saturated rings. The van der Waals surface area contributed by atoms with Gasteiger partial charge >= 0.3 is 0 Å². The summed E-state index contributed by atoms with van der Waals surface area (Å²) < 4.78 is 0. The highest BCUT2D eigenvalue weighted by Crippen LogP contribution is 2.20. The Kier molecular flexibility index (Phi) is 5.52. The average molecular weight is 369 g/mol. The number of carbonyl (C=O) groups excluding carboxylic acids is 2. The molecule has 1 atom stereocenters. The van der Waals surface area contributed by atoms with Crippen LogP contribution in [-0.4, -0.2) is 44.8 Å². The Morgan fingerprint density at radius 1 is 1.27 bits per heavy atom. The number of rotatable bonds is 7. The SMILES string of the molecule is CSCCC(NC(=O)c1ccc2nc(-c3ccncc3)[nH]c2c1)C(N)=O. The van der Waals surface area contributed by atoms with E-state index in [1.165, 1.54) is 0 Å². The Morgan fingerprint density at radius 3 is 2.73 bits per heavy atom. The molecule has 1 aromatic carbocycles. The summed E-state index contributed by atoms with van der Waals surface area (Å²) in [6.45, 7) is 0. The van der Waals surface area contributed by atoms with Crippen LogP contribution in [0.2, 0.25) is 0 Å². The molecule has 0 radical (unpaired) electrons. The monoisotopic (exact) mass is 369 g/mol. The van der Waals surface area contributed by atoms with Gasteiger partial charge in [-0.3, -0.25) is 14.6 Å². The number of benzene rings is 1. The quantitative estimate of drug-likeness (QED) is 0.589. The molecule has 0 saturated carbocycles. The van der Waals surface area contributed by atoms with Gasteiger partial charge in [0, 0.05) is 23.5 Å². The second kappa shape index (κ2) is 8.01. The largest absolute Gasteiger partial charge is 0.368 e. The number of fused-ring (bicyclic) bond motifs is 1. The zero-order valence-electron chi connectivity index (χ0n) is 14.2. The van der Waals surface area contributed by atoms with Crippen molar-refractivity contribution in [2.24, 2.45) is 5.73 Å². The van der Waals surface area contributed by atoms with Gasteiger partial charge in [0.15, 0.2) is 0 Å². The van der Waals surface area contributed by atoms with E-state index in [1.807, 2.05) is 18.4 Å². The molecule has 0 aliphatic carbocycles. The number of imidazole rings is 1. The van der Waals surface area contributed by atoms with E-state index >= 15 is 0 Å². The maximum Gasteiger partial charge on any atom is 0.252 e. The lowest BCUT2D eigenvalue weighted by molar-refractivity contribution is -0.119. The Bertz CT molecular complexity index is 926. The van der Waals surface area contributed by atoms with Crippen LogP contribution in [0.4, 0.5) is 0 Å². The number of aromatic nitrogens is 3. The summed E-state index contributed by atoms with van der Waals surface area (Å²) in [6, 6.07) is 8.20. The summed E-state index contributed by atoms with van der Waals surface area (Å²) in [6.07, 6.45) is 5.83. The number of nitrogens with two attached hydrogens (primary N) is 1. The number of carbonyl (C=O) groups is 2. The van der Waals surface area contributed by atoms with Gasteiger partial charge in [-0.05, 0) is 48.8 Å². The minimum absolute atomic E-state index is 0.336. The molecule has 26 heavy (non-hydrogen) atoms. The van der Waals surface area contributed by atoms with Crippen LogP contribution in [0.25, 0.3) is 22.4 Å². The number of amides is 2. The minimum Gasteiger partial charge on any atom is -0.368 e. The highest BCUT2D eigenvalue weighted by molar-refractivity contribution is 7.98.